The zero-order valence-electron chi connectivity index (χ0n) is 11.1. The number of hydrogen-bond donors (Lipinski definition) is 3. The maximum atomic E-state index is 11.2. The van der Waals surface area contributed by atoms with E-state index in [0.29, 0.717) is 5.84 Å². The number of hydrogen-bond acceptors (Lipinski definition) is 5. The molecule has 0 saturated heterocycles. The molecule has 6 nitrogen and oxygen atoms in total. The maximum Gasteiger partial charge on any atom is 0.338 e. The number of nitrogens with zero attached hydrogens (tertiary/aromatic N) is 2. The molecule has 0 fully saturated rings. The van der Waals surface area contributed by atoms with Gasteiger partial charge >= 0.3 is 5.97 Å². The molecule has 0 saturated carbocycles. The number of pyridine rings is 1. The highest BCUT2D eigenvalue weighted by atomic mass is 16.4. The summed E-state index contributed by atoms with van der Waals surface area (Å²) in [5, 5.41) is 22.3. The highest BCUT2D eigenvalue weighted by Gasteiger charge is 2.42. The Labute approximate surface area is 111 Å². The predicted molar refractivity (Wildman–Crippen MR) is 70.1 cm³/mol. The zero-order chi connectivity index (χ0) is 14.2. The van der Waals surface area contributed by atoms with Gasteiger partial charge in [0.15, 0.2) is 12.1 Å². The lowest BCUT2D eigenvalue weighted by atomic mass is 9.87. The van der Waals surface area contributed by atoms with Crippen LogP contribution in [-0.4, -0.2) is 38.8 Å². The summed E-state index contributed by atoms with van der Waals surface area (Å²) in [5.41, 5.74) is -0.310. The van der Waals surface area contributed by atoms with Gasteiger partial charge in [0.2, 0.25) is 0 Å². The van der Waals surface area contributed by atoms with Gasteiger partial charge in [0, 0.05) is 6.20 Å². The summed E-state index contributed by atoms with van der Waals surface area (Å²) in [7, 11) is 0. The van der Waals surface area contributed by atoms with Crippen molar-refractivity contribution < 1.29 is 15.0 Å². The van der Waals surface area contributed by atoms with Gasteiger partial charge < -0.3 is 15.5 Å². The molecule has 0 amide bonds. The fourth-order valence-electron chi connectivity index (χ4n) is 1.94. The summed E-state index contributed by atoms with van der Waals surface area (Å²) >= 11 is 0. The molecule has 19 heavy (non-hydrogen) atoms. The summed E-state index contributed by atoms with van der Waals surface area (Å²) in [5.74, 6) is -0.623. The van der Waals surface area contributed by atoms with Crippen molar-refractivity contribution in [3.05, 3.63) is 29.6 Å². The summed E-state index contributed by atoms with van der Waals surface area (Å²) in [4.78, 5) is 19.3. The number of amidine groups is 1. The van der Waals surface area contributed by atoms with E-state index in [4.69, 9.17) is 5.11 Å². The fraction of sp³-hybridized carbons (Fsp3) is 0.462. The van der Waals surface area contributed by atoms with Crippen LogP contribution < -0.4 is 5.32 Å². The number of rotatable bonds is 3. The Morgan fingerprint density at radius 2 is 2.21 bits per heavy atom. The largest absolute Gasteiger partial charge is 0.478 e. The van der Waals surface area contributed by atoms with Gasteiger partial charge in [0.25, 0.3) is 0 Å². The summed E-state index contributed by atoms with van der Waals surface area (Å²) in [6.07, 6.45) is 0.579. The minimum atomic E-state index is -1.07. The highest BCUT2D eigenvalue weighted by Crippen LogP contribution is 2.27. The third-order valence-electron chi connectivity index (χ3n) is 3.64. The molecule has 2 rings (SSSR count). The first-order valence-electron chi connectivity index (χ1n) is 6.09. The quantitative estimate of drug-likeness (QED) is 0.752. The molecule has 1 aliphatic rings. The SMILES string of the molecule is CC(C)C1(C)NC(c2ncccc2C(=O)O)=NC1O. The van der Waals surface area contributed by atoms with Crippen molar-refractivity contribution >= 4 is 11.8 Å². The van der Waals surface area contributed by atoms with Gasteiger partial charge in [-0.1, -0.05) is 13.8 Å². The van der Waals surface area contributed by atoms with Crippen LogP contribution in [0, 0.1) is 5.92 Å². The van der Waals surface area contributed by atoms with E-state index in [0.717, 1.165) is 0 Å². The van der Waals surface area contributed by atoms with E-state index in [1.165, 1.54) is 12.3 Å². The summed E-state index contributed by atoms with van der Waals surface area (Å²) < 4.78 is 0. The molecule has 0 radical (unpaired) electrons. The van der Waals surface area contributed by atoms with Gasteiger partial charge in [-0.3, -0.25) is 4.98 Å². The molecule has 102 valence electrons. The van der Waals surface area contributed by atoms with Crippen molar-refractivity contribution in [2.24, 2.45) is 10.9 Å². The Kier molecular flexibility index (Phi) is 3.28. The third-order valence-corrected chi connectivity index (χ3v) is 3.64. The molecule has 0 aromatic carbocycles. The molecule has 3 N–H and O–H groups in total. The lowest BCUT2D eigenvalue weighted by molar-refractivity contribution is 0.0696. The van der Waals surface area contributed by atoms with Crippen LogP contribution in [0.1, 0.15) is 36.8 Å². The Bertz CT molecular complexity index is 542. The smallest absolute Gasteiger partial charge is 0.338 e. The average molecular weight is 263 g/mol. The van der Waals surface area contributed by atoms with Gasteiger partial charge in [0.05, 0.1) is 11.1 Å². The topological polar surface area (TPSA) is 94.8 Å². The molecule has 0 aliphatic carbocycles. The number of aromatic carboxylic acids is 1. The number of aliphatic hydroxyl groups is 1. The second-order valence-electron chi connectivity index (χ2n) is 5.12. The van der Waals surface area contributed by atoms with Crippen molar-refractivity contribution in [3.8, 4) is 0 Å². The van der Waals surface area contributed by atoms with Gasteiger partial charge in [-0.25, -0.2) is 9.79 Å². The minimum Gasteiger partial charge on any atom is -0.478 e. The Morgan fingerprint density at radius 1 is 1.53 bits per heavy atom. The number of carboxylic acid groups (broad SMARTS) is 1. The molecular formula is C13H17N3O3. The van der Waals surface area contributed by atoms with Crippen LogP contribution in [0.2, 0.25) is 0 Å². The molecule has 2 heterocycles. The summed E-state index contributed by atoms with van der Waals surface area (Å²) in [6, 6.07) is 3.02. The molecule has 2 atom stereocenters. The summed E-state index contributed by atoms with van der Waals surface area (Å²) in [6.45, 7) is 5.78. The van der Waals surface area contributed by atoms with Crippen LogP contribution in [0.5, 0.6) is 0 Å². The van der Waals surface area contributed by atoms with Crippen LogP contribution in [-0.2, 0) is 0 Å². The van der Waals surface area contributed by atoms with Crippen LogP contribution in [0.3, 0.4) is 0 Å². The standard InChI is InChI=1S/C13H17N3O3/c1-7(2)13(3)12(19)15-10(16-13)9-8(11(17)18)5-4-6-14-9/h4-7,12,19H,1-3H3,(H,15,16)(H,17,18). The Hall–Kier alpha value is -1.95. The molecule has 6 heteroatoms. The van der Waals surface area contributed by atoms with Crippen molar-refractivity contribution in [1.82, 2.24) is 10.3 Å². The zero-order valence-corrected chi connectivity index (χ0v) is 11.1. The normalized spacial score (nSPS) is 26.2. The molecule has 2 unspecified atom stereocenters. The highest BCUT2D eigenvalue weighted by molar-refractivity contribution is 6.07. The second-order valence-corrected chi connectivity index (χ2v) is 5.12. The predicted octanol–water partition coefficient (Wildman–Crippen LogP) is 0.863. The van der Waals surface area contributed by atoms with Gasteiger partial charge in [-0.05, 0) is 25.0 Å². The first-order chi connectivity index (χ1) is 8.86. The van der Waals surface area contributed by atoms with Crippen molar-refractivity contribution in [1.29, 1.82) is 0 Å². The average Bonchev–Trinajstić information content (AvgIpc) is 2.67. The first kappa shape index (κ1) is 13.5. The third kappa shape index (κ3) is 2.19. The number of carboxylic acids is 1. The van der Waals surface area contributed by atoms with Gasteiger partial charge in [-0.2, -0.15) is 0 Å². The number of aliphatic hydroxyl groups excluding tert-OH is 1. The van der Waals surface area contributed by atoms with Crippen LogP contribution in [0.15, 0.2) is 23.3 Å². The van der Waals surface area contributed by atoms with E-state index >= 15 is 0 Å². The van der Waals surface area contributed by atoms with Crippen molar-refractivity contribution in [2.45, 2.75) is 32.5 Å². The second kappa shape index (κ2) is 4.62. The van der Waals surface area contributed by atoms with Crippen LogP contribution in [0.25, 0.3) is 0 Å². The lowest BCUT2D eigenvalue weighted by Crippen LogP contribution is -2.52. The number of nitrogens with one attached hydrogen (secondary N) is 1. The molecule has 1 aromatic heterocycles. The van der Waals surface area contributed by atoms with E-state index in [-0.39, 0.29) is 17.2 Å². The minimum absolute atomic E-state index is 0.0638. The number of aromatic nitrogens is 1. The van der Waals surface area contributed by atoms with E-state index in [9.17, 15) is 9.90 Å². The number of aliphatic imine (C=N–C) groups is 1. The van der Waals surface area contributed by atoms with E-state index in [2.05, 4.69) is 15.3 Å². The molecule has 0 spiro atoms. The van der Waals surface area contributed by atoms with Crippen molar-refractivity contribution in [2.75, 3.05) is 0 Å². The maximum absolute atomic E-state index is 11.2. The number of carbonyl (C=O) groups is 1. The van der Waals surface area contributed by atoms with Crippen LogP contribution in [0.4, 0.5) is 0 Å². The first-order valence-corrected chi connectivity index (χ1v) is 6.09. The molecule has 1 aromatic rings. The lowest BCUT2D eigenvalue weighted by Gasteiger charge is -2.32. The van der Waals surface area contributed by atoms with E-state index in [1.54, 1.807) is 6.07 Å². The van der Waals surface area contributed by atoms with E-state index < -0.39 is 17.7 Å². The fourth-order valence-corrected chi connectivity index (χ4v) is 1.94. The monoisotopic (exact) mass is 263 g/mol. The Balaban J connectivity index is 2.41. The Morgan fingerprint density at radius 3 is 2.74 bits per heavy atom. The molecular weight excluding hydrogens is 246 g/mol. The van der Waals surface area contributed by atoms with Crippen molar-refractivity contribution in [3.63, 3.8) is 0 Å². The molecule has 0 bridgehead atoms. The van der Waals surface area contributed by atoms with E-state index in [1.807, 2.05) is 20.8 Å². The van der Waals surface area contributed by atoms with Gasteiger partial charge in [0.1, 0.15) is 5.69 Å². The van der Waals surface area contributed by atoms with Gasteiger partial charge in [-0.15, -0.1) is 0 Å². The van der Waals surface area contributed by atoms with Crippen LogP contribution >= 0.6 is 0 Å². The molecule has 1 aliphatic heterocycles.